The van der Waals surface area contributed by atoms with Crippen LogP contribution in [0.25, 0.3) is 0 Å². The predicted molar refractivity (Wildman–Crippen MR) is 125 cm³/mol. The summed E-state index contributed by atoms with van der Waals surface area (Å²) in [5, 5.41) is 4.30. The van der Waals surface area contributed by atoms with Crippen molar-refractivity contribution in [1.29, 1.82) is 0 Å². The van der Waals surface area contributed by atoms with Crippen molar-refractivity contribution >= 4 is 29.3 Å². The topological polar surface area (TPSA) is 106 Å². The van der Waals surface area contributed by atoms with Gasteiger partial charge < -0.3 is 19.1 Å². The molecular formula is C25H22F5N3O6. The lowest BCUT2D eigenvalue weighted by Gasteiger charge is -2.47. The van der Waals surface area contributed by atoms with Crippen molar-refractivity contribution in [3.8, 4) is 11.5 Å². The van der Waals surface area contributed by atoms with Gasteiger partial charge >= 0.3 is 12.5 Å². The minimum Gasteiger partial charge on any atom is -0.491 e. The Morgan fingerprint density at radius 1 is 1.15 bits per heavy atom. The quantitative estimate of drug-likeness (QED) is 0.422. The van der Waals surface area contributed by atoms with E-state index < -0.39 is 65.4 Å². The van der Waals surface area contributed by atoms with Crippen LogP contribution in [0.15, 0.2) is 24.3 Å². The molecule has 3 heterocycles. The summed E-state index contributed by atoms with van der Waals surface area (Å²) >= 11 is 0. The highest BCUT2D eigenvalue weighted by molar-refractivity contribution is 6.01. The summed E-state index contributed by atoms with van der Waals surface area (Å²) in [6.45, 7) is 2.10. The van der Waals surface area contributed by atoms with E-state index in [4.69, 9.17) is 9.47 Å². The maximum Gasteiger partial charge on any atom is 0.573 e. The molecule has 5 rings (SSSR count). The number of benzene rings is 2. The van der Waals surface area contributed by atoms with Gasteiger partial charge in [-0.05, 0) is 25.5 Å². The second kappa shape index (κ2) is 9.89. The zero-order chi connectivity index (χ0) is 28.1. The van der Waals surface area contributed by atoms with Gasteiger partial charge in [0.25, 0.3) is 0 Å². The standard InChI is InChI=1S/C25H22F5N3O6/c1-11-19(38-24(36)31-17-8-12(2-4-15(17)26)39-25(28,29)30)10-33(11)18-9-16(27)21(13-6-7-37-22(13)18)14-3-5-20(34)32-23(14)35/h2,4,8-9,11,14,19H,3,5-7,10H2,1H3,(H,31,36)(H,32,34,35)/t11-,14?,19+/m0/s1. The molecule has 3 aliphatic rings. The maximum atomic E-state index is 15.4. The van der Waals surface area contributed by atoms with Crippen LogP contribution in [0.1, 0.15) is 36.8 Å². The average Bonchev–Trinajstić information content (AvgIpc) is 3.33. The zero-order valence-corrected chi connectivity index (χ0v) is 20.4. The smallest absolute Gasteiger partial charge is 0.491 e. The first kappa shape index (κ1) is 26.5. The number of nitrogens with one attached hydrogen (secondary N) is 2. The highest BCUT2D eigenvalue weighted by atomic mass is 19.4. The fraction of sp³-hybridized carbons (Fsp3) is 0.400. The minimum atomic E-state index is -5.00. The molecule has 2 saturated heterocycles. The second-order valence-electron chi connectivity index (χ2n) is 9.35. The van der Waals surface area contributed by atoms with E-state index in [1.807, 2.05) is 0 Å². The van der Waals surface area contributed by atoms with Gasteiger partial charge in [0.2, 0.25) is 11.8 Å². The van der Waals surface area contributed by atoms with Crippen molar-refractivity contribution in [2.75, 3.05) is 23.4 Å². The molecule has 14 heteroatoms. The molecule has 9 nitrogen and oxygen atoms in total. The van der Waals surface area contributed by atoms with Gasteiger partial charge in [-0.1, -0.05) is 0 Å². The second-order valence-corrected chi connectivity index (χ2v) is 9.35. The number of hydrogen-bond acceptors (Lipinski definition) is 7. The third-order valence-electron chi connectivity index (χ3n) is 6.92. The number of carbonyl (C=O) groups excluding carboxylic acids is 3. The summed E-state index contributed by atoms with van der Waals surface area (Å²) in [6, 6.07) is 2.93. The number of rotatable bonds is 5. The van der Waals surface area contributed by atoms with Crippen LogP contribution in [0.5, 0.6) is 11.5 Å². The number of nitrogens with zero attached hydrogens (tertiary/aromatic N) is 1. The molecule has 3 aliphatic heterocycles. The molecule has 0 saturated carbocycles. The van der Waals surface area contributed by atoms with E-state index >= 15 is 4.39 Å². The third kappa shape index (κ3) is 5.27. The van der Waals surface area contributed by atoms with E-state index in [9.17, 15) is 31.9 Å². The highest BCUT2D eigenvalue weighted by Gasteiger charge is 2.43. The van der Waals surface area contributed by atoms with Crippen molar-refractivity contribution in [2.45, 2.75) is 50.6 Å². The fourth-order valence-electron chi connectivity index (χ4n) is 5.01. The number of alkyl halides is 3. The molecule has 0 bridgehead atoms. The van der Waals surface area contributed by atoms with Crippen LogP contribution in [-0.4, -0.2) is 49.6 Å². The molecular weight excluding hydrogens is 533 g/mol. The average molecular weight is 555 g/mol. The first-order valence-electron chi connectivity index (χ1n) is 12.0. The van der Waals surface area contributed by atoms with Gasteiger partial charge in [-0.2, -0.15) is 0 Å². The molecule has 0 aliphatic carbocycles. The molecule has 3 amide bonds. The maximum absolute atomic E-state index is 15.4. The van der Waals surface area contributed by atoms with E-state index in [-0.39, 0.29) is 31.6 Å². The van der Waals surface area contributed by atoms with E-state index in [0.29, 0.717) is 35.6 Å². The first-order valence-corrected chi connectivity index (χ1v) is 12.0. The first-order chi connectivity index (χ1) is 18.4. The number of anilines is 2. The Labute approximate surface area is 218 Å². The molecule has 2 aromatic carbocycles. The van der Waals surface area contributed by atoms with E-state index in [1.165, 1.54) is 6.07 Å². The minimum absolute atomic E-state index is 0.0982. The van der Waals surface area contributed by atoms with Gasteiger partial charge in [-0.25, -0.2) is 13.6 Å². The van der Waals surface area contributed by atoms with Crippen LogP contribution >= 0.6 is 0 Å². The lowest BCUT2D eigenvalue weighted by atomic mass is 9.85. The van der Waals surface area contributed by atoms with Gasteiger partial charge in [-0.15, -0.1) is 13.2 Å². The summed E-state index contributed by atoms with van der Waals surface area (Å²) in [6.07, 6.45) is -6.15. The molecule has 2 aromatic rings. The Morgan fingerprint density at radius 2 is 1.92 bits per heavy atom. The molecule has 39 heavy (non-hydrogen) atoms. The normalized spacial score (nSPS) is 22.4. The van der Waals surface area contributed by atoms with Gasteiger partial charge in [0, 0.05) is 36.1 Å². The van der Waals surface area contributed by atoms with Gasteiger partial charge in [0.15, 0.2) is 0 Å². The Hall–Kier alpha value is -4.10. The molecule has 208 valence electrons. The lowest BCUT2D eigenvalue weighted by molar-refractivity contribution is -0.274. The molecule has 1 unspecified atom stereocenters. The molecule has 0 aromatic heterocycles. The molecule has 2 fully saturated rings. The number of fused-ring (bicyclic) bond motifs is 1. The molecule has 0 spiro atoms. The number of ether oxygens (including phenoxy) is 3. The Morgan fingerprint density at radius 3 is 2.62 bits per heavy atom. The molecule has 2 N–H and O–H groups in total. The molecule has 3 atom stereocenters. The Kier molecular flexibility index (Phi) is 6.72. The van der Waals surface area contributed by atoms with E-state index in [1.54, 1.807) is 11.8 Å². The fourth-order valence-corrected chi connectivity index (χ4v) is 5.01. The third-order valence-corrected chi connectivity index (χ3v) is 6.92. The van der Waals surface area contributed by atoms with Crippen LogP contribution < -0.4 is 25.0 Å². The largest absolute Gasteiger partial charge is 0.573 e. The summed E-state index contributed by atoms with van der Waals surface area (Å²) in [4.78, 5) is 38.0. The number of imide groups is 1. The van der Waals surface area contributed by atoms with Crippen LogP contribution in [0.2, 0.25) is 0 Å². The van der Waals surface area contributed by atoms with Crippen LogP contribution in [0.3, 0.4) is 0 Å². The van der Waals surface area contributed by atoms with Crippen LogP contribution in [0.4, 0.5) is 38.1 Å². The van der Waals surface area contributed by atoms with Crippen molar-refractivity contribution in [1.82, 2.24) is 5.32 Å². The monoisotopic (exact) mass is 555 g/mol. The summed E-state index contributed by atoms with van der Waals surface area (Å²) in [7, 11) is 0. The van der Waals surface area contributed by atoms with Gasteiger partial charge in [-0.3, -0.25) is 20.2 Å². The zero-order valence-electron chi connectivity index (χ0n) is 20.4. The number of halogens is 5. The molecule has 0 radical (unpaired) electrons. The summed E-state index contributed by atoms with van der Waals surface area (Å²) in [5.41, 5.74) is 0.593. The lowest BCUT2D eigenvalue weighted by Crippen LogP contribution is -2.60. The van der Waals surface area contributed by atoms with Crippen LogP contribution in [-0.2, 0) is 20.7 Å². The van der Waals surface area contributed by atoms with Crippen molar-refractivity contribution in [3.05, 3.63) is 47.0 Å². The van der Waals surface area contributed by atoms with Crippen molar-refractivity contribution in [3.63, 3.8) is 0 Å². The highest BCUT2D eigenvalue weighted by Crippen LogP contribution is 2.46. The summed E-state index contributed by atoms with van der Waals surface area (Å²) in [5.74, 6) is -3.71. The Bertz CT molecular complexity index is 1350. The van der Waals surface area contributed by atoms with Gasteiger partial charge in [0.05, 0.1) is 36.5 Å². The predicted octanol–water partition coefficient (Wildman–Crippen LogP) is 4.14. The Balaban J connectivity index is 1.27. The van der Waals surface area contributed by atoms with Crippen molar-refractivity contribution < 1.29 is 50.5 Å². The van der Waals surface area contributed by atoms with Crippen molar-refractivity contribution in [2.24, 2.45) is 0 Å². The number of hydrogen-bond donors (Lipinski definition) is 2. The van der Waals surface area contributed by atoms with Gasteiger partial charge in [0.1, 0.15) is 29.2 Å². The number of amides is 3. The number of piperidine rings is 1. The van der Waals surface area contributed by atoms with E-state index in [2.05, 4.69) is 15.4 Å². The number of carbonyl (C=O) groups is 3. The van der Waals surface area contributed by atoms with Crippen LogP contribution in [0, 0.1) is 11.6 Å². The summed E-state index contributed by atoms with van der Waals surface area (Å²) < 4.78 is 81.5. The SMILES string of the molecule is C[C@H]1[C@H](OC(=O)Nc2cc(OC(F)(F)F)ccc2F)CN1c1cc(F)c(C2CCC(=O)NC2=O)c2c1OCC2. The van der Waals surface area contributed by atoms with E-state index in [0.717, 1.165) is 6.07 Å².